The van der Waals surface area contributed by atoms with Crippen LogP contribution in [0, 0.1) is 4.77 Å². The molecule has 1 heterocycles. The number of hydrogen-bond acceptors (Lipinski definition) is 3. The number of imidazole rings is 1. The normalized spacial score (nSPS) is 12.4. The van der Waals surface area contributed by atoms with Crippen molar-refractivity contribution >= 4 is 33.8 Å². The number of aliphatic hydroxyl groups is 1. The summed E-state index contributed by atoms with van der Waals surface area (Å²) in [6.45, 7) is 0.416. The first-order chi connectivity index (χ1) is 8.15. The first-order valence-electron chi connectivity index (χ1n) is 5.10. The molecule has 0 spiro atoms. The molecule has 0 bridgehead atoms. The lowest BCUT2D eigenvalue weighted by Crippen LogP contribution is -2.12. The standard InChI is InChI=1S/C11H12BrN3OS/c12-7-2-1-3-8(4-7)13-6-10(16)9-5-14-11(17)15-9/h1-5,10,13,16H,6H2,(H2,14,15,17). The zero-order valence-electron chi connectivity index (χ0n) is 8.90. The molecule has 2 aromatic rings. The highest BCUT2D eigenvalue weighted by atomic mass is 79.9. The van der Waals surface area contributed by atoms with Crippen LogP contribution in [-0.4, -0.2) is 21.6 Å². The number of anilines is 1. The van der Waals surface area contributed by atoms with Crippen molar-refractivity contribution in [2.75, 3.05) is 11.9 Å². The highest BCUT2D eigenvalue weighted by Gasteiger charge is 2.08. The van der Waals surface area contributed by atoms with E-state index in [0.29, 0.717) is 17.0 Å². The minimum atomic E-state index is -0.623. The number of aromatic amines is 2. The van der Waals surface area contributed by atoms with Crippen LogP contribution in [0.1, 0.15) is 11.8 Å². The summed E-state index contributed by atoms with van der Waals surface area (Å²) in [5.41, 5.74) is 1.63. The van der Waals surface area contributed by atoms with Gasteiger partial charge in [0.1, 0.15) is 6.10 Å². The van der Waals surface area contributed by atoms with Gasteiger partial charge in [-0.3, -0.25) is 0 Å². The van der Waals surface area contributed by atoms with Crippen molar-refractivity contribution in [1.82, 2.24) is 9.97 Å². The van der Waals surface area contributed by atoms with Crippen LogP contribution in [0.15, 0.2) is 34.9 Å². The summed E-state index contributed by atoms with van der Waals surface area (Å²) >= 11 is 8.29. The number of rotatable bonds is 4. The molecular formula is C11H12BrN3OS. The van der Waals surface area contributed by atoms with E-state index in [1.165, 1.54) is 0 Å². The van der Waals surface area contributed by atoms with E-state index >= 15 is 0 Å². The lowest BCUT2D eigenvalue weighted by molar-refractivity contribution is 0.187. The van der Waals surface area contributed by atoms with E-state index in [9.17, 15) is 5.11 Å². The number of H-pyrrole nitrogens is 2. The maximum atomic E-state index is 9.89. The summed E-state index contributed by atoms with van der Waals surface area (Å²) < 4.78 is 1.51. The third kappa shape index (κ3) is 3.42. The van der Waals surface area contributed by atoms with E-state index in [1.54, 1.807) is 6.20 Å². The average molecular weight is 314 g/mol. The Morgan fingerprint density at radius 2 is 2.29 bits per heavy atom. The molecule has 90 valence electrons. The number of halogens is 1. The van der Waals surface area contributed by atoms with E-state index in [0.717, 1.165) is 10.2 Å². The van der Waals surface area contributed by atoms with E-state index in [4.69, 9.17) is 12.2 Å². The van der Waals surface area contributed by atoms with Gasteiger partial charge in [0, 0.05) is 22.9 Å². The number of aliphatic hydroxyl groups excluding tert-OH is 1. The van der Waals surface area contributed by atoms with Crippen molar-refractivity contribution in [3.05, 3.63) is 45.4 Å². The molecule has 0 aliphatic carbocycles. The smallest absolute Gasteiger partial charge is 0.174 e. The SMILES string of the molecule is OC(CNc1cccc(Br)c1)c1c[nH]c(=S)[nH]1. The Morgan fingerprint density at radius 3 is 2.94 bits per heavy atom. The monoisotopic (exact) mass is 313 g/mol. The van der Waals surface area contributed by atoms with Crippen LogP contribution in [-0.2, 0) is 0 Å². The first kappa shape index (κ1) is 12.3. The molecule has 0 saturated carbocycles. The zero-order chi connectivity index (χ0) is 12.3. The molecular weight excluding hydrogens is 302 g/mol. The summed E-state index contributed by atoms with van der Waals surface area (Å²) in [7, 11) is 0. The van der Waals surface area contributed by atoms with Gasteiger partial charge >= 0.3 is 0 Å². The van der Waals surface area contributed by atoms with Gasteiger partial charge in [-0.05, 0) is 30.4 Å². The first-order valence-corrected chi connectivity index (χ1v) is 6.30. The molecule has 0 saturated heterocycles. The Bertz CT molecular complexity index is 551. The predicted octanol–water partition coefficient (Wildman–Crippen LogP) is 2.98. The van der Waals surface area contributed by atoms with Crippen molar-refractivity contribution in [3.8, 4) is 0 Å². The molecule has 0 radical (unpaired) electrons. The summed E-state index contributed by atoms with van der Waals surface area (Å²) in [6, 6.07) is 7.77. The molecule has 4 N–H and O–H groups in total. The quantitative estimate of drug-likeness (QED) is 0.656. The predicted molar refractivity (Wildman–Crippen MR) is 73.6 cm³/mol. The fourth-order valence-corrected chi connectivity index (χ4v) is 2.02. The minimum absolute atomic E-state index is 0.416. The van der Waals surface area contributed by atoms with Crippen molar-refractivity contribution in [1.29, 1.82) is 0 Å². The van der Waals surface area contributed by atoms with E-state index in [2.05, 4.69) is 31.2 Å². The number of benzene rings is 1. The van der Waals surface area contributed by atoms with Gasteiger partial charge in [-0.15, -0.1) is 0 Å². The Balaban J connectivity index is 1.96. The zero-order valence-corrected chi connectivity index (χ0v) is 11.3. The Morgan fingerprint density at radius 1 is 1.47 bits per heavy atom. The molecule has 1 atom stereocenters. The maximum Gasteiger partial charge on any atom is 0.174 e. The topological polar surface area (TPSA) is 63.8 Å². The summed E-state index contributed by atoms with van der Waals surface area (Å²) in [4.78, 5) is 5.70. The minimum Gasteiger partial charge on any atom is -0.385 e. The van der Waals surface area contributed by atoms with Crippen LogP contribution in [0.2, 0.25) is 0 Å². The van der Waals surface area contributed by atoms with Crippen LogP contribution >= 0.6 is 28.1 Å². The lowest BCUT2D eigenvalue weighted by Gasteiger charge is -2.11. The molecule has 6 heteroatoms. The third-order valence-corrected chi connectivity index (χ3v) is 3.01. The van der Waals surface area contributed by atoms with Crippen LogP contribution in [0.4, 0.5) is 5.69 Å². The van der Waals surface area contributed by atoms with E-state index in [1.807, 2.05) is 24.3 Å². The molecule has 17 heavy (non-hydrogen) atoms. The number of hydrogen-bond donors (Lipinski definition) is 4. The highest BCUT2D eigenvalue weighted by Crippen LogP contribution is 2.17. The Kier molecular flexibility index (Phi) is 3.98. The fourth-order valence-electron chi connectivity index (χ4n) is 1.45. The van der Waals surface area contributed by atoms with Gasteiger partial charge in [-0.2, -0.15) is 0 Å². The highest BCUT2D eigenvalue weighted by molar-refractivity contribution is 9.10. The van der Waals surface area contributed by atoms with Crippen molar-refractivity contribution in [3.63, 3.8) is 0 Å². The molecule has 0 aliphatic heterocycles. The van der Waals surface area contributed by atoms with E-state index < -0.39 is 6.10 Å². The van der Waals surface area contributed by atoms with Crippen LogP contribution < -0.4 is 5.32 Å². The van der Waals surface area contributed by atoms with Crippen molar-refractivity contribution in [2.45, 2.75) is 6.10 Å². The van der Waals surface area contributed by atoms with Gasteiger partial charge in [0.15, 0.2) is 4.77 Å². The van der Waals surface area contributed by atoms with Crippen LogP contribution in [0.3, 0.4) is 0 Å². The van der Waals surface area contributed by atoms with Gasteiger partial charge in [0.25, 0.3) is 0 Å². The second kappa shape index (κ2) is 5.48. The van der Waals surface area contributed by atoms with Gasteiger partial charge < -0.3 is 20.4 Å². The van der Waals surface area contributed by atoms with Gasteiger partial charge in [0.05, 0.1) is 5.69 Å². The number of nitrogens with one attached hydrogen (secondary N) is 3. The molecule has 1 unspecified atom stereocenters. The average Bonchev–Trinajstić information content (AvgIpc) is 2.73. The summed E-state index contributed by atoms with van der Waals surface area (Å²) in [5.74, 6) is 0. The summed E-state index contributed by atoms with van der Waals surface area (Å²) in [5, 5.41) is 13.0. The molecule has 1 aromatic heterocycles. The lowest BCUT2D eigenvalue weighted by atomic mass is 10.2. The van der Waals surface area contributed by atoms with Crippen molar-refractivity contribution in [2.24, 2.45) is 0 Å². The largest absolute Gasteiger partial charge is 0.385 e. The Labute approximate surface area is 112 Å². The molecule has 0 aliphatic rings. The molecule has 0 amide bonds. The van der Waals surface area contributed by atoms with Crippen LogP contribution in [0.5, 0.6) is 0 Å². The van der Waals surface area contributed by atoms with E-state index in [-0.39, 0.29) is 0 Å². The molecule has 2 rings (SSSR count). The maximum absolute atomic E-state index is 9.89. The third-order valence-electron chi connectivity index (χ3n) is 2.30. The van der Waals surface area contributed by atoms with Gasteiger partial charge in [-0.25, -0.2) is 0 Å². The second-order valence-electron chi connectivity index (χ2n) is 3.61. The van der Waals surface area contributed by atoms with Gasteiger partial charge in [-0.1, -0.05) is 22.0 Å². The molecule has 4 nitrogen and oxygen atoms in total. The summed E-state index contributed by atoms with van der Waals surface area (Å²) in [6.07, 6.45) is 1.05. The van der Waals surface area contributed by atoms with Crippen LogP contribution in [0.25, 0.3) is 0 Å². The fraction of sp³-hybridized carbons (Fsp3) is 0.182. The molecule has 0 fully saturated rings. The molecule has 1 aromatic carbocycles. The van der Waals surface area contributed by atoms with Crippen molar-refractivity contribution < 1.29 is 5.11 Å². The second-order valence-corrected chi connectivity index (χ2v) is 4.93. The number of aromatic nitrogens is 2. The van der Waals surface area contributed by atoms with Gasteiger partial charge in [0.2, 0.25) is 0 Å². The Hall–Kier alpha value is -1.11.